The molecule has 0 aromatic heterocycles. The Hall–Kier alpha value is -1.71. The first kappa shape index (κ1) is 11.3. The number of nitrogens with zero attached hydrogens (tertiary/aromatic N) is 1. The van der Waals surface area contributed by atoms with Gasteiger partial charge in [-0.1, -0.05) is 17.7 Å². The lowest BCUT2D eigenvalue weighted by Gasteiger charge is -1.91. The molecule has 4 nitrogen and oxygen atoms in total. The summed E-state index contributed by atoms with van der Waals surface area (Å²) >= 11 is 0. The summed E-state index contributed by atoms with van der Waals surface area (Å²) in [5.74, 6) is -0.812. The summed E-state index contributed by atoms with van der Waals surface area (Å²) < 4.78 is 0. The quantitative estimate of drug-likeness (QED) is 0.299. The van der Waals surface area contributed by atoms with E-state index in [4.69, 9.17) is 10.5 Å². The van der Waals surface area contributed by atoms with Crippen LogP contribution < -0.4 is 0 Å². The van der Waals surface area contributed by atoms with Crippen molar-refractivity contribution in [1.29, 1.82) is 5.41 Å². The third-order valence-electron chi connectivity index (χ3n) is 1.30. The van der Waals surface area contributed by atoms with E-state index in [0.29, 0.717) is 6.42 Å². The van der Waals surface area contributed by atoms with Crippen molar-refractivity contribution in [3.8, 4) is 0 Å². The molecule has 0 unspecified atom stereocenters. The second-order valence-corrected chi connectivity index (χ2v) is 2.43. The van der Waals surface area contributed by atoms with E-state index in [0.717, 1.165) is 11.6 Å². The van der Waals surface area contributed by atoms with E-state index in [1.54, 1.807) is 13.0 Å². The Kier molecular flexibility index (Phi) is 5.11. The number of hydrogen-bond acceptors (Lipinski definition) is 2. The number of carboxylic acids is 1. The van der Waals surface area contributed by atoms with Crippen molar-refractivity contribution in [3.63, 3.8) is 0 Å². The first-order chi connectivity index (χ1) is 6.06. The van der Waals surface area contributed by atoms with E-state index in [2.05, 4.69) is 11.7 Å². The SMILES string of the molecule is C=NC(=N)CC=C(C)/C=C/C(=O)O. The lowest BCUT2D eigenvalue weighted by Crippen LogP contribution is -1.88. The lowest BCUT2D eigenvalue weighted by molar-refractivity contribution is -0.131. The highest BCUT2D eigenvalue weighted by Gasteiger charge is 1.89. The predicted molar refractivity (Wildman–Crippen MR) is 52.4 cm³/mol. The summed E-state index contributed by atoms with van der Waals surface area (Å²) in [5.41, 5.74) is 0.788. The van der Waals surface area contributed by atoms with Crippen LogP contribution in [0.15, 0.2) is 28.8 Å². The Labute approximate surface area is 76.8 Å². The molecule has 0 spiro atoms. The minimum absolute atomic E-state index is 0.170. The molecule has 0 fully saturated rings. The molecule has 0 bridgehead atoms. The van der Waals surface area contributed by atoms with E-state index in [1.807, 2.05) is 0 Å². The first-order valence-electron chi connectivity index (χ1n) is 3.68. The molecule has 2 N–H and O–H groups in total. The molecule has 0 aliphatic carbocycles. The number of amidine groups is 1. The molecule has 0 saturated heterocycles. The number of allylic oxidation sites excluding steroid dienone is 2. The average molecular weight is 180 g/mol. The van der Waals surface area contributed by atoms with E-state index >= 15 is 0 Å². The van der Waals surface area contributed by atoms with Gasteiger partial charge < -0.3 is 5.11 Å². The van der Waals surface area contributed by atoms with E-state index in [9.17, 15) is 4.79 Å². The van der Waals surface area contributed by atoms with Crippen LogP contribution in [0.2, 0.25) is 0 Å². The van der Waals surface area contributed by atoms with Crippen LogP contribution in [0.1, 0.15) is 13.3 Å². The fraction of sp³-hybridized carbons (Fsp3) is 0.222. The van der Waals surface area contributed by atoms with Crippen molar-refractivity contribution in [2.45, 2.75) is 13.3 Å². The van der Waals surface area contributed by atoms with Gasteiger partial charge in [0.05, 0.1) is 0 Å². The molecule has 0 amide bonds. The van der Waals surface area contributed by atoms with Gasteiger partial charge >= 0.3 is 5.97 Å². The number of aliphatic imine (C=N–C) groups is 1. The number of aliphatic carboxylic acids is 1. The Balaban J connectivity index is 4.10. The van der Waals surface area contributed by atoms with Gasteiger partial charge in [-0.25, -0.2) is 9.79 Å². The number of nitrogens with one attached hydrogen (secondary N) is 1. The van der Waals surface area contributed by atoms with Crippen LogP contribution in [0.5, 0.6) is 0 Å². The van der Waals surface area contributed by atoms with Crippen LogP contribution in [-0.4, -0.2) is 23.6 Å². The Morgan fingerprint density at radius 1 is 1.62 bits per heavy atom. The van der Waals surface area contributed by atoms with Gasteiger partial charge in [-0.2, -0.15) is 0 Å². The van der Waals surface area contributed by atoms with Crippen LogP contribution in [0.3, 0.4) is 0 Å². The highest BCUT2D eigenvalue weighted by Crippen LogP contribution is 1.98. The zero-order valence-corrected chi connectivity index (χ0v) is 7.45. The Morgan fingerprint density at radius 2 is 2.23 bits per heavy atom. The number of rotatable bonds is 4. The van der Waals surface area contributed by atoms with Gasteiger partial charge in [0.1, 0.15) is 5.84 Å². The molecule has 0 atom stereocenters. The van der Waals surface area contributed by atoms with Gasteiger partial charge in [0.25, 0.3) is 0 Å². The van der Waals surface area contributed by atoms with Gasteiger partial charge in [-0.15, -0.1) is 0 Å². The Morgan fingerprint density at radius 3 is 2.69 bits per heavy atom. The molecule has 13 heavy (non-hydrogen) atoms. The second kappa shape index (κ2) is 5.88. The molecular weight excluding hydrogens is 168 g/mol. The lowest BCUT2D eigenvalue weighted by atomic mass is 10.2. The van der Waals surface area contributed by atoms with Crippen LogP contribution in [0.25, 0.3) is 0 Å². The van der Waals surface area contributed by atoms with Gasteiger partial charge in [0, 0.05) is 12.5 Å². The van der Waals surface area contributed by atoms with Crippen molar-refractivity contribution >= 4 is 18.5 Å². The first-order valence-corrected chi connectivity index (χ1v) is 3.68. The standard InChI is InChI=1S/C9H12N2O2/c1-7(4-6-9(12)13)3-5-8(10)11-2/h3-4,6,10H,2,5H2,1H3,(H,12,13)/b6-4+,7-3?,10-8?. The smallest absolute Gasteiger partial charge is 0.328 e. The van der Waals surface area contributed by atoms with Gasteiger partial charge in [0.15, 0.2) is 0 Å². The highest BCUT2D eigenvalue weighted by atomic mass is 16.4. The molecule has 0 radical (unpaired) electrons. The molecule has 0 aliphatic heterocycles. The van der Waals surface area contributed by atoms with Crippen molar-refractivity contribution in [2.75, 3.05) is 0 Å². The van der Waals surface area contributed by atoms with Crippen LogP contribution >= 0.6 is 0 Å². The fourth-order valence-corrected chi connectivity index (χ4v) is 0.593. The van der Waals surface area contributed by atoms with Gasteiger partial charge in [0.2, 0.25) is 0 Å². The largest absolute Gasteiger partial charge is 0.478 e. The summed E-state index contributed by atoms with van der Waals surface area (Å²) in [6.45, 7) is 4.96. The fourth-order valence-electron chi connectivity index (χ4n) is 0.593. The number of hydrogen-bond donors (Lipinski definition) is 2. The second-order valence-electron chi connectivity index (χ2n) is 2.43. The molecule has 0 aromatic carbocycles. The predicted octanol–water partition coefficient (Wildman–Crippen LogP) is 1.64. The highest BCUT2D eigenvalue weighted by molar-refractivity contribution is 5.84. The summed E-state index contributed by atoms with van der Waals surface area (Å²) in [6, 6.07) is 0. The summed E-state index contributed by atoms with van der Waals surface area (Å²) in [7, 11) is 0. The minimum atomic E-state index is -0.982. The zero-order chi connectivity index (χ0) is 10.3. The summed E-state index contributed by atoms with van der Waals surface area (Å²) in [5, 5.41) is 15.4. The molecular formula is C9H12N2O2. The van der Waals surface area contributed by atoms with E-state index in [1.165, 1.54) is 6.08 Å². The van der Waals surface area contributed by atoms with Crippen LogP contribution in [0, 0.1) is 5.41 Å². The molecule has 0 rings (SSSR count). The molecule has 4 heteroatoms. The Bertz CT molecular complexity index is 277. The summed E-state index contributed by atoms with van der Waals surface area (Å²) in [6.07, 6.45) is 4.62. The topological polar surface area (TPSA) is 73.5 Å². The monoisotopic (exact) mass is 180 g/mol. The maximum atomic E-state index is 10.1. The van der Waals surface area contributed by atoms with Gasteiger partial charge in [-0.3, -0.25) is 5.41 Å². The van der Waals surface area contributed by atoms with Crippen molar-refractivity contribution in [3.05, 3.63) is 23.8 Å². The van der Waals surface area contributed by atoms with Crippen LogP contribution in [-0.2, 0) is 4.79 Å². The maximum Gasteiger partial charge on any atom is 0.328 e. The van der Waals surface area contributed by atoms with Crippen LogP contribution in [0.4, 0.5) is 0 Å². The summed E-state index contributed by atoms with van der Waals surface area (Å²) in [4.78, 5) is 13.5. The van der Waals surface area contributed by atoms with Crippen molar-refractivity contribution in [2.24, 2.45) is 4.99 Å². The molecule has 0 heterocycles. The van der Waals surface area contributed by atoms with Crippen molar-refractivity contribution < 1.29 is 9.90 Å². The third-order valence-corrected chi connectivity index (χ3v) is 1.30. The number of carbonyl (C=O) groups is 1. The molecule has 0 aromatic rings. The maximum absolute atomic E-state index is 10.1. The normalized spacial score (nSPS) is 11.6. The van der Waals surface area contributed by atoms with E-state index in [-0.39, 0.29) is 5.84 Å². The van der Waals surface area contributed by atoms with E-state index < -0.39 is 5.97 Å². The van der Waals surface area contributed by atoms with Gasteiger partial charge in [-0.05, 0) is 13.6 Å². The molecule has 70 valence electrons. The molecule has 0 aliphatic rings. The minimum Gasteiger partial charge on any atom is -0.478 e. The number of carboxylic acid groups (broad SMARTS) is 1. The molecule has 0 saturated carbocycles. The zero-order valence-electron chi connectivity index (χ0n) is 7.45. The van der Waals surface area contributed by atoms with Crippen molar-refractivity contribution in [1.82, 2.24) is 0 Å². The average Bonchev–Trinajstić information content (AvgIpc) is 2.10. The third kappa shape index (κ3) is 6.68.